The predicted molar refractivity (Wildman–Crippen MR) is 65.0 cm³/mol. The molecule has 6 nitrogen and oxygen atoms in total. The molecule has 0 aromatic rings. The molecule has 2 atom stereocenters. The molecular formula is C12H17N3O3. The Bertz CT molecular complexity index is 387. The highest BCUT2D eigenvalue weighted by Gasteiger charge is 2.29. The summed E-state index contributed by atoms with van der Waals surface area (Å²) in [6.45, 7) is 0. The Morgan fingerprint density at radius 1 is 1.61 bits per heavy atom. The van der Waals surface area contributed by atoms with Gasteiger partial charge in [0.05, 0.1) is 0 Å². The topological polar surface area (TPSA) is 101 Å². The zero-order valence-electron chi connectivity index (χ0n) is 10.1. The van der Waals surface area contributed by atoms with Crippen LogP contribution in [0.5, 0.6) is 0 Å². The molecule has 1 heterocycles. The van der Waals surface area contributed by atoms with Crippen molar-refractivity contribution in [2.24, 2.45) is 5.73 Å². The van der Waals surface area contributed by atoms with Gasteiger partial charge < -0.3 is 16.4 Å². The van der Waals surface area contributed by atoms with E-state index < -0.39 is 18.0 Å². The Morgan fingerprint density at radius 2 is 2.33 bits per heavy atom. The number of hydrogen-bond acceptors (Lipinski definition) is 3. The molecule has 3 amide bonds. The van der Waals surface area contributed by atoms with E-state index in [0.29, 0.717) is 32.1 Å². The first kappa shape index (κ1) is 14.0. The van der Waals surface area contributed by atoms with Crippen molar-refractivity contribution in [3.8, 4) is 12.3 Å². The molecule has 0 aromatic heterocycles. The Morgan fingerprint density at radius 3 is 2.83 bits per heavy atom. The van der Waals surface area contributed by atoms with Gasteiger partial charge in [-0.1, -0.05) is 0 Å². The maximum atomic E-state index is 11.8. The van der Waals surface area contributed by atoms with Gasteiger partial charge in [0.1, 0.15) is 12.1 Å². The van der Waals surface area contributed by atoms with Crippen molar-refractivity contribution in [2.45, 2.75) is 44.2 Å². The minimum absolute atomic E-state index is 0.155. The molecule has 1 saturated heterocycles. The van der Waals surface area contributed by atoms with Crippen LogP contribution >= 0.6 is 0 Å². The highest BCUT2D eigenvalue weighted by molar-refractivity contribution is 5.93. The third-order valence-electron chi connectivity index (χ3n) is 2.79. The van der Waals surface area contributed by atoms with Gasteiger partial charge in [0, 0.05) is 12.8 Å². The van der Waals surface area contributed by atoms with E-state index in [1.54, 1.807) is 0 Å². The molecule has 4 N–H and O–H groups in total. The molecule has 0 bridgehead atoms. The van der Waals surface area contributed by atoms with Crippen molar-refractivity contribution >= 4 is 17.7 Å². The molecule has 1 aliphatic heterocycles. The first-order valence-corrected chi connectivity index (χ1v) is 5.87. The summed E-state index contributed by atoms with van der Waals surface area (Å²) in [4.78, 5) is 33.9. The third kappa shape index (κ3) is 4.09. The number of terminal acetylenes is 1. The lowest BCUT2D eigenvalue weighted by atomic mass is 10.1. The molecule has 0 radical (unpaired) electrons. The average Bonchev–Trinajstić information content (AvgIpc) is 2.74. The molecule has 18 heavy (non-hydrogen) atoms. The molecule has 0 aromatic carbocycles. The summed E-state index contributed by atoms with van der Waals surface area (Å²) < 4.78 is 0. The van der Waals surface area contributed by atoms with E-state index in [1.807, 2.05) is 0 Å². The van der Waals surface area contributed by atoms with Crippen LogP contribution in [0.1, 0.15) is 32.1 Å². The van der Waals surface area contributed by atoms with Gasteiger partial charge in [0.2, 0.25) is 17.7 Å². The number of carbonyl (C=O) groups is 3. The molecule has 6 heteroatoms. The highest BCUT2D eigenvalue weighted by atomic mass is 16.2. The van der Waals surface area contributed by atoms with Gasteiger partial charge in [-0.05, 0) is 19.3 Å². The molecule has 1 aliphatic rings. The maximum Gasteiger partial charge on any atom is 0.243 e. The zero-order chi connectivity index (χ0) is 13.5. The second-order valence-corrected chi connectivity index (χ2v) is 4.22. The number of carbonyl (C=O) groups excluding carboxylic acids is 3. The summed E-state index contributed by atoms with van der Waals surface area (Å²) >= 11 is 0. The Hall–Kier alpha value is -2.03. The lowest BCUT2D eigenvalue weighted by Gasteiger charge is -2.17. The summed E-state index contributed by atoms with van der Waals surface area (Å²) in [6, 6.07) is -1.30. The summed E-state index contributed by atoms with van der Waals surface area (Å²) in [5.74, 6) is 1.34. The van der Waals surface area contributed by atoms with Crippen LogP contribution in [0.3, 0.4) is 0 Å². The van der Waals surface area contributed by atoms with Crippen LogP contribution in [0, 0.1) is 12.3 Å². The van der Waals surface area contributed by atoms with Crippen molar-refractivity contribution in [1.82, 2.24) is 10.6 Å². The number of primary amides is 1. The van der Waals surface area contributed by atoms with Crippen LogP contribution in [0.2, 0.25) is 0 Å². The van der Waals surface area contributed by atoms with Crippen LogP contribution in [0.25, 0.3) is 0 Å². The van der Waals surface area contributed by atoms with E-state index in [1.165, 1.54) is 0 Å². The van der Waals surface area contributed by atoms with Crippen molar-refractivity contribution in [3.05, 3.63) is 0 Å². The minimum Gasteiger partial charge on any atom is -0.368 e. The summed E-state index contributed by atoms with van der Waals surface area (Å²) in [5, 5.41) is 5.07. The maximum absolute atomic E-state index is 11.8. The van der Waals surface area contributed by atoms with Gasteiger partial charge in [0.25, 0.3) is 0 Å². The molecule has 0 aliphatic carbocycles. The van der Waals surface area contributed by atoms with Crippen LogP contribution < -0.4 is 16.4 Å². The molecule has 1 rings (SSSR count). The second-order valence-electron chi connectivity index (χ2n) is 4.22. The van der Waals surface area contributed by atoms with E-state index in [-0.39, 0.29) is 11.8 Å². The fourth-order valence-corrected chi connectivity index (χ4v) is 1.78. The second kappa shape index (κ2) is 6.64. The van der Waals surface area contributed by atoms with Gasteiger partial charge in [-0.25, -0.2) is 0 Å². The Balaban J connectivity index is 2.45. The largest absolute Gasteiger partial charge is 0.368 e. The van der Waals surface area contributed by atoms with E-state index in [9.17, 15) is 14.4 Å². The highest BCUT2D eigenvalue weighted by Crippen LogP contribution is 2.08. The molecule has 98 valence electrons. The number of hydrogen-bond donors (Lipinski definition) is 3. The number of amides is 3. The fourth-order valence-electron chi connectivity index (χ4n) is 1.78. The van der Waals surface area contributed by atoms with Gasteiger partial charge in [-0.2, -0.15) is 0 Å². The summed E-state index contributed by atoms with van der Waals surface area (Å²) in [7, 11) is 0. The van der Waals surface area contributed by atoms with Crippen molar-refractivity contribution in [3.63, 3.8) is 0 Å². The smallest absolute Gasteiger partial charge is 0.243 e. The van der Waals surface area contributed by atoms with Gasteiger partial charge in [0.15, 0.2) is 0 Å². The number of nitrogens with two attached hydrogens (primary N) is 1. The van der Waals surface area contributed by atoms with E-state index in [4.69, 9.17) is 12.2 Å². The van der Waals surface area contributed by atoms with Crippen LogP contribution in [0.15, 0.2) is 0 Å². The standard InChI is InChI=1S/C12H17N3O3/c1-2-3-4-5-8(11(13)17)15-12(18)9-6-7-10(16)14-9/h1,8-9H,3-7H2,(H2,13,17)(H,14,16)(H,15,18)/t8-,9-/m0/s1. The van der Waals surface area contributed by atoms with Gasteiger partial charge >= 0.3 is 0 Å². The molecule has 0 unspecified atom stereocenters. The summed E-state index contributed by atoms with van der Waals surface area (Å²) in [5.41, 5.74) is 5.20. The van der Waals surface area contributed by atoms with Crippen molar-refractivity contribution in [1.29, 1.82) is 0 Å². The van der Waals surface area contributed by atoms with Crippen LogP contribution in [-0.4, -0.2) is 29.8 Å². The van der Waals surface area contributed by atoms with Crippen molar-refractivity contribution in [2.75, 3.05) is 0 Å². The lowest BCUT2D eigenvalue weighted by molar-refractivity contribution is -0.129. The normalized spacial score (nSPS) is 19.7. The Labute approximate surface area is 106 Å². The van der Waals surface area contributed by atoms with Crippen LogP contribution in [0.4, 0.5) is 0 Å². The molecule has 1 fully saturated rings. The fraction of sp³-hybridized carbons (Fsp3) is 0.583. The third-order valence-corrected chi connectivity index (χ3v) is 2.79. The quantitative estimate of drug-likeness (QED) is 0.418. The summed E-state index contributed by atoms with van der Waals surface area (Å²) in [6.07, 6.45) is 7.43. The monoisotopic (exact) mass is 251 g/mol. The first-order valence-electron chi connectivity index (χ1n) is 5.87. The van der Waals surface area contributed by atoms with E-state index in [2.05, 4.69) is 16.6 Å². The van der Waals surface area contributed by atoms with Crippen molar-refractivity contribution < 1.29 is 14.4 Å². The van der Waals surface area contributed by atoms with E-state index >= 15 is 0 Å². The SMILES string of the molecule is C#CCCC[C@H](NC(=O)[C@@H]1CCC(=O)N1)C(N)=O. The first-order chi connectivity index (χ1) is 8.54. The zero-order valence-corrected chi connectivity index (χ0v) is 10.1. The molecule has 0 spiro atoms. The van der Waals surface area contributed by atoms with Crippen LogP contribution in [-0.2, 0) is 14.4 Å². The molecular weight excluding hydrogens is 234 g/mol. The minimum atomic E-state index is -0.733. The number of nitrogens with one attached hydrogen (secondary N) is 2. The average molecular weight is 251 g/mol. The van der Waals surface area contributed by atoms with Gasteiger partial charge in [-0.15, -0.1) is 12.3 Å². The number of rotatable bonds is 6. The number of unbranched alkanes of at least 4 members (excludes halogenated alkanes) is 1. The van der Waals surface area contributed by atoms with Gasteiger partial charge in [-0.3, -0.25) is 14.4 Å². The predicted octanol–water partition coefficient (Wildman–Crippen LogP) is -0.961. The molecule has 0 saturated carbocycles. The van der Waals surface area contributed by atoms with E-state index in [0.717, 1.165) is 0 Å². The lowest BCUT2D eigenvalue weighted by Crippen LogP contribution is -2.50. The Kier molecular flexibility index (Phi) is 5.18.